The first-order chi connectivity index (χ1) is 7.29. The summed E-state index contributed by atoms with van der Waals surface area (Å²) >= 11 is 5.02. The van der Waals surface area contributed by atoms with Gasteiger partial charge in [0.05, 0.1) is 13.0 Å². The molecule has 4 heteroatoms. The van der Waals surface area contributed by atoms with Crippen LogP contribution in [-0.2, 0) is 11.2 Å². The highest BCUT2D eigenvalue weighted by Gasteiger charge is 2.07. The van der Waals surface area contributed by atoms with Crippen molar-refractivity contribution in [3.8, 4) is 0 Å². The zero-order chi connectivity index (χ0) is 10.7. The summed E-state index contributed by atoms with van der Waals surface area (Å²) in [6.45, 7) is 2.48. The van der Waals surface area contributed by atoms with E-state index >= 15 is 0 Å². The molecule has 1 aromatic carbocycles. The molecule has 0 aliphatic carbocycles. The predicted octanol–water partition coefficient (Wildman–Crippen LogP) is 2.73. The highest BCUT2D eigenvalue weighted by Crippen LogP contribution is 2.15. The summed E-state index contributed by atoms with van der Waals surface area (Å²) in [4.78, 5) is 4.30. The summed E-state index contributed by atoms with van der Waals surface area (Å²) in [5.41, 5.74) is 1.64. The lowest BCUT2D eigenvalue weighted by molar-refractivity contribution is 0.326. The second-order valence-electron chi connectivity index (χ2n) is 3.06. The van der Waals surface area contributed by atoms with E-state index in [-0.39, 0.29) is 0 Å². The quantitative estimate of drug-likeness (QED) is 0.746. The Balaban J connectivity index is 2.18. The zero-order valence-corrected chi connectivity index (χ0v) is 9.21. The first kappa shape index (κ1) is 10.1. The number of ether oxygens (including phenoxy) is 1. The average molecular weight is 221 g/mol. The molecule has 0 atom stereocenters. The van der Waals surface area contributed by atoms with E-state index in [9.17, 15) is 0 Å². The fraction of sp³-hybridized carbons (Fsp3) is 0.273. The number of rotatable bonds is 3. The number of hydrogen-bond acceptors (Lipinski definition) is 4. The van der Waals surface area contributed by atoms with Gasteiger partial charge in [-0.25, -0.2) is 4.98 Å². The maximum absolute atomic E-state index is 5.51. The van der Waals surface area contributed by atoms with E-state index in [0.29, 0.717) is 24.0 Å². The monoisotopic (exact) mass is 221 g/mol. The van der Waals surface area contributed by atoms with Gasteiger partial charge in [0.15, 0.2) is 10.6 Å². The molecule has 0 aliphatic heterocycles. The smallest absolute Gasteiger partial charge is 0.204 e. The van der Waals surface area contributed by atoms with Gasteiger partial charge < -0.3 is 9.15 Å². The Morgan fingerprint density at radius 1 is 1.47 bits per heavy atom. The number of fused-ring (bicyclic) bond motifs is 1. The molecular weight excluding hydrogens is 210 g/mol. The van der Waals surface area contributed by atoms with Crippen molar-refractivity contribution in [1.29, 1.82) is 0 Å². The number of aromatic nitrogens is 1. The molecule has 2 rings (SSSR count). The van der Waals surface area contributed by atoms with Crippen LogP contribution in [-0.4, -0.2) is 16.6 Å². The van der Waals surface area contributed by atoms with Crippen molar-refractivity contribution in [2.45, 2.75) is 13.3 Å². The van der Waals surface area contributed by atoms with Crippen LogP contribution in [0.1, 0.15) is 12.8 Å². The minimum absolute atomic E-state index is 0.456. The Hall–Kier alpha value is -1.42. The van der Waals surface area contributed by atoms with Gasteiger partial charge in [-0.15, -0.1) is 0 Å². The molecule has 0 fully saturated rings. The summed E-state index contributed by atoms with van der Waals surface area (Å²) in [6.07, 6.45) is 0.456. The van der Waals surface area contributed by atoms with Gasteiger partial charge in [0.1, 0.15) is 5.52 Å². The second kappa shape index (κ2) is 4.40. The van der Waals surface area contributed by atoms with Gasteiger partial charge >= 0.3 is 0 Å². The molecular formula is C11H11NO2S. The number of benzene rings is 1. The Labute approximate surface area is 93.1 Å². The third-order valence-corrected chi connectivity index (χ3v) is 2.20. The molecule has 3 nitrogen and oxygen atoms in total. The molecule has 0 spiro atoms. The lowest BCUT2D eigenvalue weighted by Gasteiger charge is -2.00. The molecule has 0 saturated heterocycles. The highest BCUT2D eigenvalue weighted by molar-refractivity contribution is 7.80. The fourth-order valence-electron chi connectivity index (χ4n) is 1.33. The number of hydrogen-bond donors (Lipinski definition) is 0. The van der Waals surface area contributed by atoms with Gasteiger partial charge in [-0.05, 0) is 31.3 Å². The van der Waals surface area contributed by atoms with Crippen LogP contribution in [0.15, 0.2) is 28.7 Å². The van der Waals surface area contributed by atoms with Crippen molar-refractivity contribution in [2.24, 2.45) is 0 Å². The van der Waals surface area contributed by atoms with Gasteiger partial charge in [-0.1, -0.05) is 12.1 Å². The summed E-state index contributed by atoms with van der Waals surface area (Å²) in [6, 6.07) is 7.63. The molecule has 0 unspecified atom stereocenters. The fourth-order valence-corrected chi connectivity index (χ4v) is 1.57. The van der Waals surface area contributed by atoms with Crippen molar-refractivity contribution in [3.05, 3.63) is 30.2 Å². The Morgan fingerprint density at radius 3 is 3.00 bits per heavy atom. The molecule has 1 aromatic heterocycles. The number of nitrogens with zero attached hydrogens (tertiary/aromatic N) is 1. The third kappa shape index (κ3) is 2.33. The number of para-hydroxylation sites is 2. The van der Waals surface area contributed by atoms with Gasteiger partial charge in [0, 0.05) is 0 Å². The van der Waals surface area contributed by atoms with Gasteiger partial charge in [-0.2, -0.15) is 0 Å². The average Bonchev–Trinajstić information content (AvgIpc) is 2.59. The van der Waals surface area contributed by atoms with Gasteiger partial charge in [0.25, 0.3) is 0 Å². The highest BCUT2D eigenvalue weighted by atomic mass is 32.1. The van der Waals surface area contributed by atoms with Crippen LogP contribution in [0.5, 0.6) is 0 Å². The Morgan fingerprint density at radius 2 is 2.27 bits per heavy atom. The molecule has 0 N–H and O–H groups in total. The molecule has 0 radical (unpaired) electrons. The largest absolute Gasteiger partial charge is 0.487 e. The standard InChI is InChI=1S/C11H11NO2S/c1-2-13-11(15)7-10-12-8-5-3-4-6-9(8)14-10/h3-6H,2,7H2,1H3. The summed E-state index contributed by atoms with van der Waals surface area (Å²) < 4.78 is 10.7. The van der Waals surface area contributed by atoms with E-state index in [1.54, 1.807) is 0 Å². The maximum Gasteiger partial charge on any atom is 0.204 e. The van der Waals surface area contributed by atoms with E-state index in [4.69, 9.17) is 21.4 Å². The minimum atomic E-state index is 0.456. The Bertz CT molecular complexity index is 445. The number of oxazole rings is 1. The van der Waals surface area contributed by atoms with Crippen LogP contribution in [0.3, 0.4) is 0 Å². The van der Waals surface area contributed by atoms with Crippen molar-refractivity contribution in [2.75, 3.05) is 6.61 Å². The van der Waals surface area contributed by atoms with E-state index in [2.05, 4.69) is 4.98 Å². The summed E-state index contributed by atoms with van der Waals surface area (Å²) in [5.74, 6) is 0.606. The van der Waals surface area contributed by atoms with Crippen molar-refractivity contribution in [1.82, 2.24) is 4.98 Å². The van der Waals surface area contributed by atoms with Crippen LogP contribution >= 0.6 is 12.2 Å². The van der Waals surface area contributed by atoms with Crippen LogP contribution < -0.4 is 0 Å². The molecule has 0 aliphatic rings. The third-order valence-electron chi connectivity index (χ3n) is 1.94. The van der Waals surface area contributed by atoms with E-state index in [0.717, 1.165) is 11.1 Å². The molecule has 15 heavy (non-hydrogen) atoms. The Kier molecular flexibility index (Phi) is 2.97. The summed E-state index contributed by atoms with van der Waals surface area (Å²) in [5, 5.41) is 0.518. The van der Waals surface area contributed by atoms with Gasteiger partial charge in [-0.3, -0.25) is 0 Å². The van der Waals surface area contributed by atoms with Crippen LogP contribution in [0.2, 0.25) is 0 Å². The lowest BCUT2D eigenvalue weighted by Crippen LogP contribution is -2.04. The van der Waals surface area contributed by atoms with Crippen LogP contribution in [0.25, 0.3) is 11.1 Å². The lowest BCUT2D eigenvalue weighted by atomic mass is 10.3. The molecule has 0 amide bonds. The molecule has 0 bridgehead atoms. The number of thiocarbonyl (C=S) groups is 1. The van der Waals surface area contributed by atoms with Crippen molar-refractivity contribution in [3.63, 3.8) is 0 Å². The predicted molar refractivity (Wildman–Crippen MR) is 61.9 cm³/mol. The first-order valence-corrected chi connectivity index (χ1v) is 5.20. The van der Waals surface area contributed by atoms with E-state index in [1.165, 1.54) is 0 Å². The normalized spacial score (nSPS) is 10.5. The van der Waals surface area contributed by atoms with E-state index in [1.807, 2.05) is 31.2 Å². The van der Waals surface area contributed by atoms with Crippen LogP contribution in [0.4, 0.5) is 0 Å². The van der Waals surface area contributed by atoms with Crippen molar-refractivity contribution < 1.29 is 9.15 Å². The van der Waals surface area contributed by atoms with E-state index < -0.39 is 0 Å². The zero-order valence-electron chi connectivity index (χ0n) is 8.40. The van der Waals surface area contributed by atoms with Crippen LogP contribution in [0, 0.1) is 0 Å². The maximum atomic E-state index is 5.51. The second-order valence-corrected chi connectivity index (χ2v) is 3.51. The topological polar surface area (TPSA) is 35.3 Å². The molecule has 2 aromatic rings. The SMILES string of the molecule is CCOC(=S)Cc1nc2ccccc2o1. The van der Waals surface area contributed by atoms with Gasteiger partial charge in [0.2, 0.25) is 5.89 Å². The first-order valence-electron chi connectivity index (χ1n) is 4.79. The molecule has 1 heterocycles. The summed E-state index contributed by atoms with van der Waals surface area (Å²) in [7, 11) is 0. The van der Waals surface area contributed by atoms with Crippen molar-refractivity contribution >= 4 is 28.4 Å². The molecule has 0 saturated carbocycles. The minimum Gasteiger partial charge on any atom is -0.487 e. The molecule has 78 valence electrons.